The van der Waals surface area contributed by atoms with E-state index in [4.69, 9.17) is 23.7 Å². The van der Waals surface area contributed by atoms with Crippen molar-refractivity contribution in [3.63, 3.8) is 0 Å². The fraction of sp³-hybridized carbons (Fsp3) is 0.692. The standard InChI is InChI=1S/C26H34O10/c1-12-8-9-18(32-14(3)27)24(6)19(33-15(4)28)11-17(30)13(2)21(24)22(34-16(5)29)26-20(10-12)35-23(31)25(26,7)36-26/h8-10,13,17-22,30H,11H2,1-7H3/b9-8+,12-10-/t13-,17-,18-,19-,20-,21+,22-,24-,25-,26-/m1/s1. The molecule has 2 aliphatic heterocycles. The highest BCUT2D eigenvalue weighted by Crippen LogP contribution is 2.65. The quantitative estimate of drug-likeness (QED) is 0.342. The van der Waals surface area contributed by atoms with Crippen LogP contribution >= 0.6 is 0 Å². The second-order valence-electron chi connectivity index (χ2n) is 10.7. The summed E-state index contributed by atoms with van der Waals surface area (Å²) in [4.78, 5) is 49.8. The number of allylic oxidation sites excluding steroid dienone is 2. The first-order chi connectivity index (χ1) is 16.7. The van der Waals surface area contributed by atoms with Crippen LogP contribution in [-0.2, 0) is 42.9 Å². The van der Waals surface area contributed by atoms with E-state index in [0.717, 1.165) is 0 Å². The summed E-state index contributed by atoms with van der Waals surface area (Å²) in [7, 11) is 0. The normalized spacial score (nSPS) is 47.5. The minimum absolute atomic E-state index is 0.0744. The van der Waals surface area contributed by atoms with Crippen molar-refractivity contribution >= 4 is 23.9 Å². The van der Waals surface area contributed by atoms with E-state index in [0.29, 0.717) is 5.57 Å². The zero-order chi connectivity index (χ0) is 26.8. The van der Waals surface area contributed by atoms with E-state index in [1.807, 2.05) is 0 Å². The van der Waals surface area contributed by atoms with Crippen molar-refractivity contribution in [1.29, 1.82) is 0 Å². The topological polar surface area (TPSA) is 138 Å². The van der Waals surface area contributed by atoms with Crippen molar-refractivity contribution in [2.45, 2.75) is 96.6 Å². The summed E-state index contributed by atoms with van der Waals surface area (Å²) in [5, 5.41) is 11.1. The molecule has 2 aliphatic carbocycles. The Balaban J connectivity index is 2.01. The van der Waals surface area contributed by atoms with Gasteiger partial charge in [0.25, 0.3) is 0 Å². The predicted molar refractivity (Wildman–Crippen MR) is 123 cm³/mol. The van der Waals surface area contributed by atoms with E-state index in [9.17, 15) is 24.3 Å². The maximum Gasteiger partial charge on any atom is 0.342 e. The summed E-state index contributed by atoms with van der Waals surface area (Å²) in [6.07, 6.45) is 0.419. The van der Waals surface area contributed by atoms with Crippen LogP contribution in [0.1, 0.15) is 54.9 Å². The number of hydrogen-bond donors (Lipinski definition) is 1. The molecule has 198 valence electrons. The van der Waals surface area contributed by atoms with Gasteiger partial charge < -0.3 is 28.8 Å². The predicted octanol–water partition coefficient (Wildman–Crippen LogP) is 1.77. The summed E-state index contributed by atoms with van der Waals surface area (Å²) in [5.74, 6) is -3.67. The number of aliphatic hydroxyl groups is 1. The lowest BCUT2D eigenvalue weighted by molar-refractivity contribution is -0.224. The third kappa shape index (κ3) is 3.76. The molecule has 0 aromatic rings. The van der Waals surface area contributed by atoms with Gasteiger partial charge in [-0.25, -0.2) is 4.79 Å². The van der Waals surface area contributed by atoms with Gasteiger partial charge in [-0.3, -0.25) is 14.4 Å². The summed E-state index contributed by atoms with van der Waals surface area (Å²) >= 11 is 0. The molecule has 0 bridgehead atoms. The van der Waals surface area contributed by atoms with Gasteiger partial charge >= 0.3 is 23.9 Å². The Morgan fingerprint density at radius 2 is 1.67 bits per heavy atom. The van der Waals surface area contributed by atoms with Crippen molar-refractivity contribution in [3.05, 3.63) is 23.8 Å². The minimum atomic E-state index is -1.39. The molecule has 0 unspecified atom stereocenters. The summed E-state index contributed by atoms with van der Waals surface area (Å²) < 4.78 is 29.3. The molecule has 3 fully saturated rings. The number of epoxide rings is 1. The summed E-state index contributed by atoms with van der Waals surface area (Å²) in [6, 6.07) is 0. The van der Waals surface area contributed by atoms with Crippen LogP contribution in [-0.4, -0.2) is 70.7 Å². The molecule has 0 amide bonds. The van der Waals surface area contributed by atoms with Gasteiger partial charge in [0.15, 0.2) is 17.3 Å². The van der Waals surface area contributed by atoms with Crippen LogP contribution in [0.25, 0.3) is 0 Å². The van der Waals surface area contributed by atoms with Gasteiger partial charge in [-0.05, 0) is 31.9 Å². The molecule has 0 radical (unpaired) electrons. The smallest absolute Gasteiger partial charge is 0.342 e. The molecule has 10 atom stereocenters. The number of hydrogen-bond acceptors (Lipinski definition) is 10. The van der Waals surface area contributed by atoms with E-state index in [-0.39, 0.29) is 6.42 Å². The molecule has 10 nitrogen and oxygen atoms in total. The lowest BCUT2D eigenvalue weighted by atomic mass is 9.53. The molecule has 2 heterocycles. The molecule has 10 heteroatoms. The third-order valence-corrected chi connectivity index (χ3v) is 8.37. The Hall–Kier alpha value is -2.72. The Kier molecular flexibility index (Phi) is 6.36. The Bertz CT molecular complexity index is 1050. The molecule has 0 aromatic carbocycles. The van der Waals surface area contributed by atoms with Crippen molar-refractivity contribution in [3.8, 4) is 0 Å². The van der Waals surface area contributed by atoms with Crippen LogP contribution in [0.4, 0.5) is 0 Å². The molecule has 2 saturated heterocycles. The molecule has 1 spiro atoms. The minimum Gasteiger partial charge on any atom is -0.462 e. The number of carbonyl (C=O) groups is 4. The molecular formula is C26H34O10. The van der Waals surface area contributed by atoms with Crippen LogP contribution in [0, 0.1) is 17.3 Å². The van der Waals surface area contributed by atoms with Crippen LogP contribution in [0.3, 0.4) is 0 Å². The molecule has 1 N–H and O–H groups in total. The lowest BCUT2D eigenvalue weighted by Crippen LogP contribution is -2.65. The average Bonchev–Trinajstić information content (AvgIpc) is 3.34. The van der Waals surface area contributed by atoms with E-state index < -0.39 is 82.8 Å². The summed E-state index contributed by atoms with van der Waals surface area (Å²) in [6.45, 7) is 10.7. The number of rotatable bonds is 3. The monoisotopic (exact) mass is 506 g/mol. The van der Waals surface area contributed by atoms with Crippen LogP contribution in [0.15, 0.2) is 23.8 Å². The van der Waals surface area contributed by atoms with E-state index in [1.54, 1.807) is 45.9 Å². The van der Waals surface area contributed by atoms with Gasteiger partial charge in [0.1, 0.15) is 18.3 Å². The Morgan fingerprint density at radius 1 is 1.06 bits per heavy atom. The number of carbonyl (C=O) groups excluding carboxylic acids is 4. The number of esters is 4. The van der Waals surface area contributed by atoms with Gasteiger partial charge in [0, 0.05) is 33.1 Å². The van der Waals surface area contributed by atoms with Crippen molar-refractivity contribution in [1.82, 2.24) is 0 Å². The Morgan fingerprint density at radius 3 is 2.22 bits per heavy atom. The highest BCUT2D eigenvalue weighted by Gasteiger charge is 2.87. The fourth-order valence-corrected chi connectivity index (χ4v) is 6.56. The lowest BCUT2D eigenvalue weighted by Gasteiger charge is -2.56. The van der Waals surface area contributed by atoms with Gasteiger partial charge in [-0.1, -0.05) is 25.5 Å². The van der Waals surface area contributed by atoms with Gasteiger partial charge in [0.05, 0.1) is 11.5 Å². The molecule has 1 saturated carbocycles. The third-order valence-electron chi connectivity index (χ3n) is 8.37. The maximum atomic E-state index is 12.9. The highest BCUT2D eigenvalue weighted by molar-refractivity contribution is 5.89. The largest absolute Gasteiger partial charge is 0.462 e. The van der Waals surface area contributed by atoms with Crippen LogP contribution < -0.4 is 0 Å². The zero-order valence-corrected chi connectivity index (χ0v) is 21.6. The van der Waals surface area contributed by atoms with Gasteiger partial charge in [0.2, 0.25) is 0 Å². The first-order valence-electron chi connectivity index (χ1n) is 12.2. The highest BCUT2D eigenvalue weighted by atomic mass is 16.7. The summed E-state index contributed by atoms with van der Waals surface area (Å²) in [5.41, 5.74) is -3.28. The molecular weight excluding hydrogens is 472 g/mol. The van der Waals surface area contributed by atoms with Crippen LogP contribution in [0.2, 0.25) is 0 Å². The second kappa shape index (κ2) is 8.69. The fourth-order valence-electron chi connectivity index (χ4n) is 6.56. The molecule has 4 rings (SSSR count). The van der Waals surface area contributed by atoms with Gasteiger partial charge in [-0.2, -0.15) is 0 Å². The Labute approximate surface area is 209 Å². The second-order valence-corrected chi connectivity index (χ2v) is 10.7. The average molecular weight is 507 g/mol. The zero-order valence-electron chi connectivity index (χ0n) is 21.6. The van der Waals surface area contributed by atoms with E-state index in [1.165, 1.54) is 20.8 Å². The number of fused-ring (bicyclic) bond motifs is 1. The van der Waals surface area contributed by atoms with Crippen molar-refractivity contribution in [2.24, 2.45) is 17.3 Å². The molecule has 4 aliphatic rings. The van der Waals surface area contributed by atoms with Crippen molar-refractivity contribution in [2.75, 3.05) is 0 Å². The van der Waals surface area contributed by atoms with Crippen LogP contribution in [0.5, 0.6) is 0 Å². The first-order valence-corrected chi connectivity index (χ1v) is 12.2. The van der Waals surface area contributed by atoms with E-state index >= 15 is 0 Å². The van der Waals surface area contributed by atoms with E-state index in [2.05, 4.69) is 0 Å². The first kappa shape index (κ1) is 26.3. The SMILES string of the molecule is CC(=O)O[C@@H]1[C@@H]2[C@H](C)[C@H](O)C[C@@H](OC(C)=O)[C@@]2(C)[C@H](OC(C)=O)/C=C/C(C)=C\[C@H]2OC(=O)[C@@]3(C)O[C@@]123. The number of aliphatic hydroxyl groups excluding tert-OH is 1. The maximum absolute atomic E-state index is 12.9. The van der Waals surface area contributed by atoms with Gasteiger partial charge in [-0.15, -0.1) is 0 Å². The molecule has 36 heavy (non-hydrogen) atoms. The molecule has 0 aromatic heterocycles. The number of ether oxygens (including phenoxy) is 5. The van der Waals surface area contributed by atoms with Crippen molar-refractivity contribution < 1.29 is 48.0 Å².